The number of nitrogens with zero attached hydrogens (tertiary/aromatic N) is 2. The average molecular weight is 277 g/mol. The van der Waals surface area contributed by atoms with Gasteiger partial charge in [-0.3, -0.25) is 0 Å². The third-order valence-corrected chi connectivity index (χ3v) is 5.22. The van der Waals surface area contributed by atoms with E-state index in [1.807, 2.05) is 0 Å². The van der Waals surface area contributed by atoms with E-state index in [0.29, 0.717) is 5.92 Å². The zero-order valence-electron chi connectivity index (χ0n) is 12.6. The second-order valence-corrected chi connectivity index (χ2v) is 7.10. The van der Waals surface area contributed by atoms with Crippen LogP contribution < -0.4 is 5.73 Å². The smallest absolute Gasteiger partial charge is 0.228 e. The minimum atomic E-state index is -0.108. The summed E-state index contributed by atoms with van der Waals surface area (Å²) in [6.07, 6.45) is 11.7. The second-order valence-electron chi connectivity index (χ2n) is 7.10. The number of hydrogen-bond acceptors (Lipinski definition) is 4. The first kappa shape index (κ1) is 14.1. The molecular weight excluding hydrogens is 250 g/mol. The third-order valence-electron chi connectivity index (χ3n) is 5.22. The van der Waals surface area contributed by atoms with Crippen LogP contribution in [0, 0.1) is 5.92 Å². The first-order chi connectivity index (χ1) is 9.65. The van der Waals surface area contributed by atoms with E-state index >= 15 is 0 Å². The van der Waals surface area contributed by atoms with Gasteiger partial charge in [-0.15, -0.1) is 0 Å². The van der Waals surface area contributed by atoms with Crippen LogP contribution in [0.5, 0.6) is 0 Å². The molecule has 0 aliphatic heterocycles. The molecule has 4 nitrogen and oxygen atoms in total. The lowest BCUT2D eigenvalue weighted by Crippen LogP contribution is -2.43. The van der Waals surface area contributed by atoms with Crippen LogP contribution >= 0.6 is 0 Å². The van der Waals surface area contributed by atoms with Crippen molar-refractivity contribution in [2.24, 2.45) is 11.7 Å². The summed E-state index contributed by atoms with van der Waals surface area (Å²) in [5, 5.41) is 4.22. The molecule has 0 spiro atoms. The first-order valence-electron chi connectivity index (χ1n) is 8.26. The minimum Gasteiger partial charge on any atom is -0.339 e. The lowest BCUT2D eigenvalue weighted by molar-refractivity contribution is 0.259. The highest BCUT2D eigenvalue weighted by Crippen LogP contribution is 2.34. The van der Waals surface area contributed by atoms with Gasteiger partial charge in [-0.2, -0.15) is 4.98 Å². The number of rotatable bonds is 3. The normalized spacial score (nSPS) is 30.3. The molecule has 1 heterocycles. The van der Waals surface area contributed by atoms with Gasteiger partial charge in [0.2, 0.25) is 5.89 Å². The van der Waals surface area contributed by atoms with E-state index in [9.17, 15) is 0 Å². The molecule has 0 aromatic carbocycles. The summed E-state index contributed by atoms with van der Waals surface area (Å²) in [7, 11) is 0. The van der Waals surface area contributed by atoms with Gasteiger partial charge in [-0.05, 0) is 31.6 Å². The van der Waals surface area contributed by atoms with Crippen LogP contribution in [-0.2, 0) is 6.42 Å². The topological polar surface area (TPSA) is 64.9 Å². The van der Waals surface area contributed by atoms with E-state index in [4.69, 9.17) is 10.3 Å². The molecule has 4 heteroatoms. The van der Waals surface area contributed by atoms with Crippen LogP contribution in [0.3, 0.4) is 0 Å². The number of aromatic nitrogens is 2. The summed E-state index contributed by atoms with van der Waals surface area (Å²) in [6, 6.07) is 0. The molecule has 0 bridgehead atoms. The Morgan fingerprint density at radius 3 is 2.55 bits per heavy atom. The molecular formula is C16H27N3O. The molecule has 2 aliphatic carbocycles. The highest BCUT2D eigenvalue weighted by Gasteiger charge is 2.31. The van der Waals surface area contributed by atoms with Crippen molar-refractivity contribution in [2.45, 2.75) is 82.6 Å². The largest absolute Gasteiger partial charge is 0.339 e. The lowest BCUT2D eigenvalue weighted by Gasteiger charge is -2.31. The van der Waals surface area contributed by atoms with Crippen molar-refractivity contribution in [1.29, 1.82) is 0 Å². The van der Waals surface area contributed by atoms with Crippen molar-refractivity contribution in [2.75, 3.05) is 0 Å². The SMILES string of the molecule is CC1CCC(c2noc(CC3(N)CCCCC3)n2)CC1. The van der Waals surface area contributed by atoms with Gasteiger partial charge in [0.15, 0.2) is 5.82 Å². The molecule has 1 aromatic heterocycles. The molecule has 1 aromatic rings. The summed E-state index contributed by atoms with van der Waals surface area (Å²) < 4.78 is 5.47. The Kier molecular flexibility index (Phi) is 4.11. The van der Waals surface area contributed by atoms with Gasteiger partial charge in [0.05, 0.1) is 0 Å². The van der Waals surface area contributed by atoms with Crippen LogP contribution in [0.1, 0.15) is 82.3 Å². The fraction of sp³-hybridized carbons (Fsp3) is 0.875. The maximum Gasteiger partial charge on any atom is 0.228 e. The molecule has 0 atom stereocenters. The summed E-state index contributed by atoms with van der Waals surface area (Å²) in [6.45, 7) is 2.33. The van der Waals surface area contributed by atoms with Crippen molar-refractivity contribution >= 4 is 0 Å². The molecule has 3 rings (SSSR count). The van der Waals surface area contributed by atoms with Crippen molar-refractivity contribution in [3.63, 3.8) is 0 Å². The molecule has 2 aliphatic rings. The number of hydrogen-bond donors (Lipinski definition) is 1. The Morgan fingerprint density at radius 1 is 1.15 bits per heavy atom. The van der Waals surface area contributed by atoms with E-state index in [2.05, 4.69) is 17.1 Å². The Hall–Kier alpha value is -0.900. The van der Waals surface area contributed by atoms with E-state index in [0.717, 1.165) is 36.9 Å². The Labute approximate surface area is 121 Å². The predicted molar refractivity (Wildman–Crippen MR) is 78.4 cm³/mol. The molecule has 0 radical (unpaired) electrons. The molecule has 0 saturated heterocycles. The van der Waals surface area contributed by atoms with Gasteiger partial charge >= 0.3 is 0 Å². The Morgan fingerprint density at radius 2 is 1.85 bits per heavy atom. The standard InChI is InChI=1S/C16H27N3O/c1-12-5-7-13(8-6-12)15-18-14(20-19-15)11-16(17)9-3-2-4-10-16/h12-13H,2-11,17H2,1H3. The van der Waals surface area contributed by atoms with E-state index in [1.54, 1.807) is 0 Å². The molecule has 0 amide bonds. The minimum absolute atomic E-state index is 0.108. The quantitative estimate of drug-likeness (QED) is 0.917. The van der Waals surface area contributed by atoms with Crippen LogP contribution in [0.25, 0.3) is 0 Å². The Balaban J connectivity index is 1.61. The van der Waals surface area contributed by atoms with Crippen molar-refractivity contribution < 1.29 is 4.52 Å². The highest BCUT2D eigenvalue weighted by atomic mass is 16.5. The van der Waals surface area contributed by atoms with Gasteiger partial charge in [-0.1, -0.05) is 44.2 Å². The van der Waals surface area contributed by atoms with E-state index < -0.39 is 0 Å². The van der Waals surface area contributed by atoms with Gasteiger partial charge < -0.3 is 10.3 Å². The maximum absolute atomic E-state index is 6.47. The predicted octanol–water partition coefficient (Wildman–Crippen LogP) is 3.57. The highest BCUT2D eigenvalue weighted by molar-refractivity contribution is 5.01. The van der Waals surface area contributed by atoms with Gasteiger partial charge in [0.1, 0.15) is 0 Å². The molecule has 2 fully saturated rings. The summed E-state index contributed by atoms with van der Waals surface area (Å²) in [4.78, 5) is 4.64. The van der Waals surface area contributed by atoms with Crippen LogP contribution in [0.4, 0.5) is 0 Å². The van der Waals surface area contributed by atoms with Crippen LogP contribution in [0.15, 0.2) is 4.52 Å². The van der Waals surface area contributed by atoms with Crippen molar-refractivity contribution in [3.8, 4) is 0 Å². The van der Waals surface area contributed by atoms with Gasteiger partial charge in [-0.25, -0.2) is 0 Å². The molecule has 20 heavy (non-hydrogen) atoms. The molecule has 112 valence electrons. The summed E-state index contributed by atoms with van der Waals surface area (Å²) in [5.41, 5.74) is 6.36. The summed E-state index contributed by atoms with van der Waals surface area (Å²) >= 11 is 0. The van der Waals surface area contributed by atoms with Crippen LogP contribution in [0.2, 0.25) is 0 Å². The monoisotopic (exact) mass is 277 g/mol. The first-order valence-corrected chi connectivity index (χ1v) is 8.26. The number of nitrogens with two attached hydrogens (primary N) is 1. The fourth-order valence-electron chi connectivity index (χ4n) is 3.76. The fourth-order valence-corrected chi connectivity index (χ4v) is 3.76. The second kappa shape index (κ2) is 5.84. The molecule has 0 unspecified atom stereocenters. The lowest BCUT2D eigenvalue weighted by atomic mass is 9.80. The van der Waals surface area contributed by atoms with Crippen molar-refractivity contribution in [1.82, 2.24) is 10.1 Å². The van der Waals surface area contributed by atoms with E-state index in [1.165, 1.54) is 44.9 Å². The molecule has 2 N–H and O–H groups in total. The zero-order chi connectivity index (χ0) is 14.0. The summed E-state index contributed by atoms with van der Waals surface area (Å²) in [5.74, 6) is 3.03. The van der Waals surface area contributed by atoms with Crippen molar-refractivity contribution in [3.05, 3.63) is 11.7 Å². The Bertz CT molecular complexity index is 429. The average Bonchev–Trinajstić information content (AvgIpc) is 2.88. The molecule has 2 saturated carbocycles. The zero-order valence-corrected chi connectivity index (χ0v) is 12.6. The van der Waals surface area contributed by atoms with Gasteiger partial charge in [0.25, 0.3) is 0 Å². The van der Waals surface area contributed by atoms with Gasteiger partial charge in [0, 0.05) is 17.9 Å². The third kappa shape index (κ3) is 3.22. The maximum atomic E-state index is 6.47. The van der Waals surface area contributed by atoms with E-state index in [-0.39, 0.29) is 5.54 Å². The van der Waals surface area contributed by atoms with Crippen LogP contribution in [-0.4, -0.2) is 15.7 Å².